The van der Waals surface area contributed by atoms with E-state index < -0.39 is 0 Å². The molecule has 0 saturated carbocycles. The highest BCUT2D eigenvalue weighted by molar-refractivity contribution is 5.82. The molecule has 2 aliphatic heterocycles. The fourth-order valence-corrected chi connectivity index (χ4v) is 2.72. The average molecular weight is 240 g/mol. The summed E-state index contributed by atoms with van der Waals surface area (Å²) in [5.74, 6) is 0.841. The Morgan fingerprint density at radius 2 is 2.29 bits per heavy atom. The summed E-state index contributed by atoms with van der Waals surface area (Å²) in [5.41, 5.74) is 0. The van der Waals surface area contributed by atoms with Gasteiger partial charge < -0.3 is 15.0 Å². The summed E-state index contributed by atoms with van der Waals surface area (Å²) >= 11 is 0. The minimum atomic E-state index is 0.0334. The lowest BCUT2D eigenvalue weighted by molar-refractivity contribution is -0.136. The van der Waals surface area contributed by atoms with E-state index >= 15 is 0 Å². The third-order valence-electron chi connectivity index (χ3n) is 3.57. The first-order valence-corrected chi connectivity index (χ1v) is 6.79. The zero-order chi connectivity index (χ0) is 12.3. The number of hydrogen-bond acceptors (Lipinski definition) is 3. The molecule has 0 spiro atoms. The van der Waals surface area contributed by atoms with Crippen molar-refractivity contribution in [1.82, 2.24) is 10.2 Å². The van der Waals surface area contributed by atoms with E-state index in [1.165, 1.54) is 0 Å². The lowest BCUT2D eigenvalue weighted by atomic mass is 10.0. The number of piperidine rings is 1. The van der Waals surface area contributed by atoms with Crippen molar-refractivity contribution in [3.63, 3.8) is 0 Å². The predicted molar refractivity (Wildman–Crippen MR) is 66.8 cm³/mol. The van der Waals surface area contributed by atoms with Crippen LogP contribution >= 0.6 is 0 Å². The molecule has 0 radical (unpaired) electrons. The van der Waals surface area contributed by atoms with Crippen molar-refractivity contribution in [3.05, 3.63) is 0 Å². The first kappa shape index (κ1) is 12.8. The number of hydrogen-bond donors (Lipinski definition) is 1. The van der Waals surface area contributed by atoms with Gasteiger partial charge in [0.25, 0.3) is 0 Å². The van der Waals surface area contributed by atoms with Gasteiger partial charge in [0.15, 0.2) is 0 Å². The summed E-state index contributed by atoms with van der Waals surface area (Å²) in [5, 5.41) is 3.36. The molecule has 4 nitrogen and oxygen atoms in total. The van der Waals surface area contributed by atoms with Crippen molar-refractivity contribution in [2.75, 3.05) is 26.3 Å². The molecule has 0 aromatic rings. The Labute approximate surface area is 104 Å². The number of rotatable bonds is 4. The SMILES string of the molecule is CC(C)NC1CCCN(CC2CCOC2)C1=O. The molecular weight excluding hydrogens is 216 g/mol. The molecule has 4 heteroatoms. The third kappa shape index (κ3) is 3.42. The van der Waals surface area contributed by atoms with Gasteiger partial charge in [0.2, 0.25) is 5.91 Å². The zero-order valence-electron chi connectivity index (χ0n) is 10.9. The topological polar surface area (TPSA) is 41.6 Å². The minimum absolute atomic E-state index is 0.0334. The molecule has 2 fully saturated rings. The van der Waals surface area contributed by atoms with Crippen molar-refractivity contribution >= 4 is 5.91 Å². The van der Waals surface area contributed by atoms with E-state index in [1.807, 2.05) is 4.90 Å². The smallest absolute Gasteiger partial charge is 0.239 e. The fourth-order valence-electron chi connectivity index (χ4n) is 2.72. The minimum Gasteiger partial charge on any atom is -0.381 e. The first-order valence-electron chi connectivity index (χ1n) is 6.79. The second-order valence-electron chi connectivity index (χ2n) is 5.53. The van der Waals surface area contributed by atoms with Gasteiger partial charge in [0, 0.05) is 31.7 Å². The van der Waals surface area contributed by atoms with Crippen molar-refractivity contribution in [1.29, 1.82) is 0 Å². The van der Waals surface area contributed by atoms with Gasteiger partial charge in [0.1, 0.15) is 0 Å². The standard InChI is InChI=1S/C13H24N2O2/c1-10(2)14-12-4-3-6-15(13(12)16)8-11-5-7-17-9-11/h10-12,14H,3-9H2,1-2H3. The molecule has 0 aromatic carbocycles. The van der Waals surface area contributed by atoms with E-state index in [0.717, 1.165) is 45.6 Å². The quantitative estimate of drug-likeness (QED) is 0.797. The van der Waals surface area contributed by atoms with Gasteiger partial charge in [-0.25, -0.2) is 0 Å². The van der Waals surface area contributed by atoms with Gasteiger partial charge in [-0.1, -0.05) is 13.8 Å². The van der Waals surface area contributed by atoms with Crippen LogP contribution in [-0.4, -0.2) is 49.2 Å². The van der Waals surface area contributed by atoms with Crippen molar-refractivity contribution in [2.45, 2.75) is 45.2 Å². The molecule has 1 amide bonds. The summed E-state index contributed by atoms with van der Waals surface area (Å²) in [4.78, 5) is 14.3. The number of carbonyl (C=O) groups is 1. The van der Waals surface area contributed by atoms with E-state index in [-0.39, 0.29) is 11.9 Å². The molecule has 0 aromatic heterocycles. The average Bonchev–Trinajstić information content (AvgIpc) is 2.76. The molecule has 2 heterocycles. The van der Waals surface area contributed by atoms with Gasteiger partial charge in [0.05, 0.1) is 12.6 Å². The summed E-state index contributed by atoms with van der Waals surface area (Å²) < 4.78 is 5.37. The van der Waals surface area contributed by atoms with E-state index in [1.54, 1.807) is 0 Å². The monoisotopic (exact) mass is 240 g/mol. The van der Waals surface area contributed by atoms with Gasteiger partial charge >= 0.3 is 0 Å². The number of nitrogens with zero attached hydrogens (tertiary/aromatic N) is 1. The predicted octanol–water partition coefficient (Wildman–Crippen LogP) is 1.01. The molecule has 2 rings (SSSR count). The first-order chi connectivity index (χ1) is 8.16. The Balaban J connectivity index is 1.86. The van der Waals surface area contributed by atoms with E-state index in [2.05, 4.69) is 19.2 Å². The summed E-state index contributed by atoms with van der Waals surface area (Å²) in [6.07, 6.45) is 3.20. The van der Waals surface area contributed by atoms with Crippen LogP contribution < -0.4 is 5.32 Å². The Kier molecular flexibility index (Phi) is 4.40. The van der Waals surface area contributed by atoms with Crippen LogP contribution in [0.2, 0.25) is 0 Å². The van der Waals surface area contributed by atoms with Crippen LogP contribution in [0, 0.1) is 5.92 Å². The van der Waals surface area contributed by atoms with Gasteiger partial charge in [-0.3, -0.25) is 4.79 Å². The second kappa shape index (κ2) is 5.83. The zero-order valence-corrected chi connectivity index (χ0v) is 10.9. The molecule has 0 aliphatic carbocycles. The number of amides is 1. The summed E-state index contributed by atoms with van der Waals surface area (Å²) in [6.45, 7) is 7.68. The molecule has 98 valence electrons. The second-order valence-corrected chi connectivity index (χ2v) is 5.53. The highest BCUT2D eigenvalue weighted by Crippen LogP contribution is 2.18. The van der Waals surface area contributed by atoms with Crippen LogP contribution in [0.1, 0.15) is 33.1 Å². The van der Waals surface area contributed by atoms with Crippen LogP contribution in [0.25, 0.3) is 0 Å². The van der Waals surface area contributed by atoms with Crippen molar-refractivity contribution in [3.8, 4) is 0 Å². The van der Waals surface area contributed by atoms with Crippen LogP contribution in [0.5, 0.6) is 0 Å². The van der Waals surface area contributed by atoms with Gasteiger partial charge in [-0.15, -0.1) is 0 Å². The molecule has 0 bridgehead atoms. The Hall–Kier alpha value is -0.610. The molecule has 1 N–H and O–H groups in total. The maximum absolute atomic E-state index is 12.3. The van der Waals surface area contributed by atoms with E-state index in [9.17, 15) is 4.79 Å². The number of likely N-dealkylation sites (tertiary alicyclic amines) is 1. The number of carbonyl (C=O) groups excluding carboxylic acids is 1. The Bertz CT molecular complexity index is 262. The Morgan fingerprint density at radius 3 is 2.94 bits per heavy atom. The normalized spacial score (nSPS) is 30.3. The van der Waals surface area contributed by atoms with Crippen molar-refractivity contribution in [2.24, 2.45) is 5.92 Å². The molecular formula is C13H24N2O2. The number of nitrogens with one attached hydrogen (secondary N) is 1. The summed E-state index contributed by atoms with van der Waals surface area (Å²) in [6, 6.07) is 0.407. The Morgan fingerprint density at radius 1 is 1.47 bits per heavy atom. The largest absolute Gasteiger partial charge is 0.381 e. The molecule has 2 atom stereocenters. The molecule has 2 saturated heterocycles. The van der Waals surface area contributed by atoms with E-state index in [4.69, 9.17) is 4.74 Å². The van der Waals surface area contributed by atoms with Crippen LogP contribution in [0.15, 0.2) is 0 Å². The van der Waals surface area contributed by atoms with Crippen molar-refractivity contribution < 1.29 is 9.53 Å². The highest BCUT2D eigenvalue weighted by Gasteiger charge is 2.31. The van der Waals surface area contributed by atoms with Gasteiger partial charge in [-0.2, -0.15) is 0 Å². The van der Waals surface area contributed by atoms with Crippen LogP contribution in [0.3, 0.4) is 0 Å². The summed E-state index contributed by atoms with van der Waals surface area (Å²) in [7, 11) is 0. The number of ether oxygens (including phenoxy) is 1. The lowest BCUT2D eigenvalue weighted by Crippen LogP contribution is -2.53. The maximum atomic E-state index is 12.3. The van der Waals surface area contributed by atoms with Crippen LogP contribution in [0.4, 0.5) is 0 Å². The fraction of sp³-hybridized carbons (Fsp3) is 0.923. The molecule has 2 aliphatic rings. The molecule has 17 heavy (non-hydrogen) atoms. The lowest BCUT2D eigenvalue weighted by Gasteiger charge is -2.34. The maximum Gasteiger partial charge on any atom is 0.239 e. The van der Waals surface area contributed by atoms with Gasteiger partial charge in [-0.05, 0) is 19.3 Å². The third-order valence-corrected chi connectivity index (χ3v) is 3.57. The molecule has 2 unspecified atom stereocenters. The van der Waals surface area contributed by atoms with E-state index in [0.29, 0.717) is 12.0 Å². The van der Waals surface area contributed by atoms with Crippen LogP contribution in [-0.2, 0) is 9.53 Å². The highest BCUT2D eigenvalue weighted by atomic mass is 16.5.